The molecule has 0 aliphatic heterocycles. The maximum absolute atomic E-state index is 3.81. The zero-order valence-electron chi connectivity index (χ0n) is 12.6. The van der Waals surface area contributed by atoms with Gasteiger partial charge in [0.25, 0.3) is 0 Å². The van der Waals surface area contributed by atoms with Crippen LogP contribution < -0.4 is 5.32 Å². The van der Waals surface area contributed by atoms with Gasteiger partial charge in [-0.25, -0.2) is 0 Å². The number of hydrogen-bond acceptors (Lipinski definition) is 2. The first kappa shape index (κ1) is 14.1. The predicted molar refractivity (Wildman–Crippen MR) is 81.0 cm³/mol. The van der Waals surface area contributed by atoms with Crippen LogP contribution in [0, 0.1) is 22.7 Å². The summed E-state index contributed by atoms with van der Waals surface area (Å²) in [7, 11) is 0. The Morgan fingerprint density at radius 3 is 2.22 bits per heavy atom. The van der Waals surface area contributed by atoms with Crippen molar-refractivity contribution in [2.45, 2.75) is 47.6 Å². The number of nitrogens with one attached hydrogen (secondary N) is 1. The Morgan fingerprint density at radius 2 is 1.83 bits per heavy atom. The largest absolute Gasteiger partial charge is 0.309 e. The Bertz CT molecular complexity index is 375. The third kappa shape index (κ3) is 2.25. The van der Waals surface area contributed by atoms with Crippen LogP contribution in [-0.2, 0) is 0 Å². The van der Waals surface area contributed by atoms with Crippen LogP contribution in [0.1, 0.15) is 52.5 Å². The summed E-state index contributed by atoms with van der Waals surface area (Å²) < 4.78 is 0. The molecule has 1 nitrogen and oxygen atoms in total. The highest BCUT2D eigenvalue weighted by atomic mass is 32.1. The second-order valence-electron chi connectivity index (χ2n) is 7.14. The molecule has 1 atom stereocenters. The summed E-state index contributed by atoms with van der Waals surface area (Å²) in [6.45, 7) is 15.3. The van der Waals surface area contributed by atoms with Gasteiger partial charge in [0.15, 0.2) is 0 Å². The molecule has 1 heterocycles. The quantitative estimate of drug-likeness (QED) is 0.812. The molecule has 2 rings (SSSR count). The smallest absolute Gasteiger partial charge is 0.0438 e. The van der Waals surface area contributed by atoms with Crippen molar-refractivity contribution in [1.82, 2.24) is 5.32 Å². The van der Waals surface area contributed by atoms with Crippen molar-refractivity contribution in [3.63, 3.8) is 0 Å². The molecule has 102 valence electrons. The second kappa shape index (κ2) is 4.64. The lowest BCUT2D eigenvalue weighted by molar-refractivity contribution is 0.392. The van der Waals surface area contributed by atoms with Gasteiger partial charge in [0.1, 0.15) is 0 Å². The predicted octanol–water partition coefficient (Wildman–Crippen LogP) is 4.72. The molecular weight excluding hydrogens is 238 g/mol. The van der Waals surface area contributed by atoms with Crippen molar-refractivity contribution < 1.29 is 0 Å². The van der Waals surface area contributed by atoms with Gasteiger partial charge in [-0.2, -0.15) is 0 Å². The molecule has 0 spiro atoms. The third-order valence-corrected chi connectivity index (χ3v) is 6.33. The van der Waals surface area contributed by atoms with Gasteiger partial charge in [-0.15, -0.1) is 11.3 Å². The van der Waals surface area contributed by atoms with Gasteiger partial charge in [-0.3, -0.25) is 0 Å². The SMILES string of the molecule is CC(C)C(NCC1C(C)(C)C1(C)C)c1cccs1. The molecule has 1 saturated carbocycles. The lowest BCUT2D eigenvalue weighted by Crippen LogP contribution is -2.28. The van der Waals surface area contributed by atoms with Crippen LogP contribution in [0.5, 0.6) is 0 Å². The fourth-order valence-corrected chi connectivity index (χ4v) is 4.19. The molecule has 0 bridgehead atoms. The van der Waals surface area contributed by atoms with E-state index in [0.29, 0.717) is 22.8 Å². The number of hydrogen-bond donors (Lipinski definition) is 1. The summed E-state index contributed by atoms with van der Waals surface area (Å²) in [5.41, 5.74) is 0.966. The van der Waals surface area contributed by atoms with E-state index in [1.165, 1.54) is 4.88 Å². The Labute approximate surface area is 116 Å². The first-order valence-corrected chi connectivity index (χ1v) is 7.93. The molecule has 1 aliphatic rings. The second-order valence-corrected chi connectivity index (χ2v) is 8.12. The van der Waals surface area contributed by atoms with Crippen molar-refractivity contribution >= 4 is 11.3 Å². The van der Waals surface area contributed by atoms with Crippen LogP contribution in [0.15, 0.2) is 17.5 Å². The van der Waals surface area contributed by atoms with Crippen molar-refractivity contribution in [3.8, 4) is 0 Å². The minimum atomic E-state index is 0.483. The summed E-state index contributed by atoms with van der Waals surface area (Å²) in [5.74, 6) is 1.44. The van der Waals surface area contributed by atoms with Crippen LogP contribution in [-0.4, -0.2) is 6.54 Å². The number of thiophene rings is 1. The van der Waals surface area contributed by atoms with Crippen molar-refractivity contribution in [1.29, 1.82) is 0 Å². The van der Waals surface area contributed by atoms with Gasteiger partial charge in [0.05, 0.1) is 0 Å². The zero-order chi connectivity index (χ0) is 13.6. The van der Waals surface area contributed by atoms with Crippen LogP contribution >= 0.6 is 11.3 Å². The van der Waals surface area contributed by atoms with Gasteiger partial charge < -0.3 is 5.32 Å². The van der Waals surface area contributed by atoms with Crippen LogP contribution in [0.2, 0.25) is 0 Å². The maximum Gasteiger partial charge on any atom is 0.0438 e. The summed E-state index contributed by atoms with van der Waals surface area (Å²) in [4.78, 5) is 1.47. The van der Waals surface area contributed by atoms with Crippen molar-refractivity contribution in [2.24, 2.45) is 22.7 Å². The molecular formula is C16H27NS. The average Bonchev–Trinajstić information content (AvgIpc) is 2.67. The minimum absolute atomic E-state index is 0.483. The molecule has 1 aliphatic carbocycles. The molecule has 1 aromatic rings. The highest BCUT2D eigenvalue weighted by molar-refractivity contribution is 7.10. The van der Waals surface area contributed by atoms with E-state index in [9.17, 15) is 0 Å². The van der Waals surface area contributed by atoms with Gasteiger partial charge in [-0.1, -0.05) is 47.6 Å². The first-order valence-electron chi connectivity index (χ1n) is 7.05. The van der Waals surface area contributed by atoms with Crippen LogP contribution in [0.3, 0.4) is 0 Å². The molecule has 0 amide bonds. The van der Waals surface area contributed by atoms with Gasteiger partial charge in [-0.05, 0) is 40.7 Å². The van der Waals surface area contributed by atoms with Gasteiger partial charge in [0, 0.05) is 10.9 Å². The monoisotopic (exact) mass is 265 g/mol. The Hall–Kier alpha value is -0.340. The highest BCUT2D eigenvalue weighted by Gasteiger charge is 2.63. The van der Waals surface area contributed by atoms with E-state index in [1.54, 1.807) is 0 Å². The Balaban J connectivity index is 1.97. The molecule has 0 saturated heterocycles. The Kier molecular flexibility index (Phi) is 3.63. The summed E-state index contributed by atoms with van der Waals surface area (Å²) in [5, 5.41) is 5.98. The number of rotatable bonds is 5. The van der Waals surface area contributed by atoms with Crippen LogP contribution in [0.4, 0.5) is 0 Å². The molecule has 2 heteroatoms. The molecule has 1 unspecified atom stereocenters. The van der Waals surface area contributed by atoms with E-state index in [4.69, 9.17) is 0 Å². The lowest BCUT2D eigenvalue weighted by atomic mass is 10.0. The zero-order valence-corrected chi connectivity index (χ0v) is 13.4. The highest BCUT2D eigenvalue weighted by Crippen LogP contribution is 2.68. The van der Waals surface area contributed by atoms with E-state index in [0.717, 1.165) is 12.5 Å². The fraction of sp³-hybridized carbons (Fsp3) is 0.750. The van der Waals surface area contributed by atoms with E-state index in [2.05, 4.69) is 64.4 Å². The van der Waals surface area contributed by atoms with E-state index >= 15 is 0 Å². The van der Waals surface area contributed by atoms with E-state index in [-0.39, 0.29) is 0 Å². The van der Waals surface area contributed by atoms with Crippen LogP contribution in [0.25, 0.3) is 0 Å². The fourth-order valence-electron chi connectivity index (χ4n) is 3.22. The Morgan fingerprint density at radius 1 is 1.22 bits per heavy atom. The third-order valence-electron chi connectivity index (χ3n) is 5.38. The normalized spacial score (nSPS) is 23.3. The maximum atomic E-state index is 3.81. The standard InChI is InChI=1S/C16H27NS/c1-11(2)14(12-8-7-9-18-12)17-10-13-15(3,4)16(13,5)6/h7-9,11,13-14,17H,10H2,1-6H3. The van der Waals surface area contributed by atoms with E-state index < -0.39 is 0 Å². The molecule has 1 aromatic heterocycles. The topological polar surface area (TPSA) is 12.0 Å². The molecule has 18 heavy (non-hydrogen) atoms. The molecule has 0 radical (unpaired) electrons. The van der Waals surface area contributed by atoms with Gasteiger partial charge >= 0.3 is 0 Å². The minimum Gasteiger partial charge on any atom is -0.309 e. The first-order chi connectivity index (χ1) is 8.28. The van der Waals surface area contributed by atoms with Gasteiger partial charge in [0.2, 0.25) is 0 Å². The average molecular weight is 265 g/mol. The molecule has 1 fully saturated rings. The van der Waals surface area contributed by atoms with Crippen molar-refractivity contribution in [2.75, 3.05) is 6.54 Å². The van der Waals surface area contributed by atoms with Crippen molar-refractivity contribution in [3.05, 3.63) is 22.4 Å². The lowest BCUT2D eigenvalue weighted by Gasteiger charge is -2.22. The summed E-state index contributed by atoms with van der Waals surface area (Å²) >= 11 is 1.87. The molecule has 1 N–H and O–H groups in total. The molecule has 0 aromatic carbocycles. The summed E-state index contributed by atoms with van der Waals surface area (Å²) in [6, 6.07) is 4.92. The summed E-state index contributed by atoms with van der Waals surface area (Å²) in [6.07, 6.45) is 0. The van der Waals surface area contributed by atoms with E-state index in [1.807, 2.05) is 11.3 Å².